The summed E-state index contributed by atoms with van der Waals surface area (Å²) in [7, 11) is 0. The zero-order valence-electron chi connectivity index (χ0n) is 9.12. The Labute approximate surface area is 86.0 Å². The monoisotopic (exact) mass is 193 g/mol. The molecule has 0 aliphatic carbocycles. The molecule has 0 aromatic rings. The van der Waals surface area contributed by atoms with Crippen LogP contribution < -0.4 is 0 Å². The van der Waals surface area contributed by atoms with E-state index in [-0.39, 0.29) is 5.91 Å². The molecule has 2 saturated heterocycles. The molecular weight excluding hydrogens is 174 g/mol. The number of piperidine rings is 1. The summed E-state index contributed by atoms with van der Waals surface area (Å²) in [6, 6.07) is 1.11. The van der Waals surface area contributed by atoms with E-state index in [0.717, 1.165) is 5.57 Å². The van der Waals surface area contributed by atoms with Gasteiger partial charge in [0.05, 0.1) is 0 Å². The van der Waals surface area contributed by atoms with Gasteiger partial charge in [0.15, 0.2) is 0 Å². The van der Waals surface area contributed by atoms with Crippen molar-refractivity contribution in [2.75, 3.05) is 0 Å². The number of hydrogen-bond acceptors (Lipinski definition) is 1. The quantitative estimate of drug-likeness (QED) is 0.586. The lowest BCUT2D eigenvalue weighted by atomic mass is 10.0. The SMILES string of the molecule is CC(C)=CC(=O)N1C2CCCC1CC2. The Morgan fingerprint density at radius 3 is 2.21 bits per heavy atom. The van der Waals surface area contributed by atoms with Crippen molar-refractivity contribution in [3.05, 3.63) is 11.6 Å². The molecule has 0 N–H and O–H groups in total. The average Bonchev–Trinajstić information content (AvgIpc) is 2.36. The Kier molecular flexibility index (Phi) is 2.62. The van der Waals surface area contributed by atoms with E-state index >= 15 is 0 Å². The van der Waals surface area contributed by atoms with E-state index in [0.29, 0.717) is 12.1 Å². The summed E-state index contributed by atoms with van der Waals surface area (Å²) in [4.78, 5) is 14.1. The van der Waals surface area contributed by atoms with Crippen LogP contribution >= 0.6 is 0 Å². The molecule has 0 radical (unpaired) electrons. The molecule has 0 spiro atoms. The first-order valence-corrected chi connectivity index (χ1v) is 5.65. The van der Waals surface area contributed by atoms with Crippen molar-refractivity contribution in [1.82, 2.24) is 4.90 Å². The number of fused-ring (bicyclic) bond motifs is 2. The minimum atomic E-state index is 0.247. The van der Waals surface area contributed by atoms with E-state index < -0.39 is 0 Å². The van der Waals surface area contributed by atoms with Crippen LogP contribution in [0.5, 0.6) is 0 Å². The van der Waals surface area contributed by atoms with E-state index in [2.05, 4.69) is 4.90 Å². The third-order valence-corrected chi connectivity index (χ3v) is 3.36. The second-order valence-corrected chi connectivity index (χ2v) is 4.78. The van der Waals surface area contributed by atoms with Crippen LogP contribution in [0.25, 0.3) is 0 Å². The van der Waals surface area contributed by atoms with Gasteiger partial charge in [-0.25, -0.2) is 0 Å². The first-order valence-electron chi connectivity index (χ1n) is 5.65. The average molecular weight is 193 g/mol. The molecule has 14 heavy (non-hydrogen) atoms. The highest BCUT2D eigenvalue weighted by Gasteiger charge is 2.38. The van der Waals surface area contributed by atoms with Crippen LogP contribution in [0, 0.1) is 0 Å². The van der Waals surface area contributed by atoms with Crippen LogP contribution in [-0.4, -0.2) is 22.9 Å². The van der Waals surface area contributed by atoms with Gasteiger partial charge in [-0.05, 0) is 46.0 Å². The van der Waals surface area contributed by atoms with E-state index in [1.165, 1.54) is 32.1 Å². The van der Waals surface area contributed by atoms with Gasteiger partial charge >= 0.3 is 0 Å². The van der Waals surface area contributed by atoms with Crippen LogP contribution in [0.15, 0.2) is 11.6 Å². The molecule has 2 nitrogen and oxygen atoms in total. The van der Waals surface area contributed by atoms with Gasteiger partial charge in [-0.15, -0.1) is 0 Å². The van der Waals surface area contributed by atoms with Crippen molar-refractivity contribution in [2.45, 2.75) is 58.0 Å². The molecule has 2 heteroatoms. The third kappa shape index (κ3) is 1.70. The van der Waals surface area contributed by atoms with Crippen molar-refractivity contribution in [3.63, 3.8) is 0 Å². The van der Waals surface area contributed by atoms with Gasteiger partial charge in [-0.1, -0.05) is 5.57 Å². The van der Waals surface area contributed by atoms with Gasteiger partial charge < -0.3 is 4.90 Å². The van der Waals surface area contributed by atoms with Crippen LogP contribution in [0.2, 0.25) is 0 Å². The Morgan fingerprint density at radius 2 is 1.71 bits per heavy atom. The standard InChI is InChI=1S/C12H19NO/c1-9(2)8-12(14)13-10-4-3-5-11(13)7-6-10/h8,10-11H,3-7H2,1-2H3. The molecular formula is C12H19NO. The second kappa shape index (κ2) is 3.76. The van der Waals surface area contributed by atoms with Crippen molar-refractivity contribution in [3.8, 4) is 0 Å². The summed E-state index contributed by atoms with van der Waals surface area (Å²) < 4.78 is 0. The predicted molar refractivity (Wildman–Crippen MR) is 56.9 cm³/mol. The van der Waals surface area contributed by atoms with Crippen molar-refractivity contribution in [1.29, 1.82) is 0 Å². The Hall–Kier alpha value is -0.790. The van der Waals surface area contributed by atoms with Gasteiger partial charge in [-0.3, -0.25) is 4.79 Å². The molecule has 2 aliphatic heterocycles. The number of rotatable bonds is 1. The Morgan fingerprint density at radius 1 is 1.14 bits per heavy atom. The van der Waals surface area contributed by atoms with Crippen molar-refractivity contribution in [2.24, 2.45) is 0 Å². The maximum Gasteiger partial charge on any atom is 0.246 e. The van der Waals surface area contributed by atoms with Gasteiger partial charge in [0.1, 0.15) is 0 Å². The largest absolute Gasteiger partial charge is 0.333 e. The zero-order valence-corrected chi connectivity index (χ0v) is 9.12. The summed E-state index contributed by atoms with van der Waals surface area (Å²) in [5, 5.41) is 0. The summed E-state index contributed by atoms with van der Waals surface area (Å²) in [6.45, 7) is 3.98. The zero-order chi connectivity index (χ0) is 10.1. The maximum absolute atomic E-state index is 11.9. The number of nitrogens with zero attached hydrogens (tertiary/aromatic N) is 1. The lowest BCUT2D eigenvalue weighted by Gasteiger charge is -2.34. The highest BCUT2D eigenvalue weighted by molar-refractivity contribution is 5.89. The Bertz CT molecular complexity index is 249. The van der Waals surface area contributed by atoms with E-state index in [1.807, 2.05) is 13.8 Å². The predicted octanol–water partition coefficient (Wildman–Crippen LogP) is 2.50. The fourth-order valence-corrected chi connectivity index (χ4v) is 2.80. The van der Waals surface area contributed by atoms with Gasteiger partial charge in [0.25, 0.3) is 0 Å². The molecule has 0 saturated carbocycles. The molecule has 2 heterocycles. The second-order valence-electron chi connectivity index (χ2n) is 4.78. The van der Waals surface area contributed by atoms with Crippen LogP contribution in [0.1, 0.15) is 46.0 Å². The first kappa shape index (κ1) is 9.75. The fourth-order valence-electron chi connectivity index (χ4n) is 2.80. The molecule has 2 unspecified atom stereocenters. The lowest BCUT2D eigenvalue weighted by molar-refractivity contribution is -0.130. The third-order valence-electron chi connectivity index (χ3n) is 3.36. The van der Waals surface area contributed by atoms with Gasteiger partial charge in [0, 0.05) is 18.2 Å². The summed E-state index contributed by atoms with van der Waals surface area (Å²) in [5.41, 5.74) is 1.11. The highest BCUT2D eigenvalue weighted by atomic mass is 16.2. The molecule has 2 rings (SSSR count). The highest BCUT2D eigenvalue weighted by Crippen LogP contribution is 2.35. The van der Waals surface area contributed by atoms with Crippen LogP contribution in [0.3, 0.4) is 0 Å². The number of allylic oxidation sites excluding steroid dienone is 1. The molecule has 2 bridgehead atoms. The van der Waals surface area contributed by atoms with E-state index in [9.17, 15) is 4.79 Å². The molecule has 1 amide bonds. The molecule has 2 atom stereocenters. The van der Waals surface area contributed by atoms with Crippen molar-refractivity contribution >= 4 is 5.91 Å². The van der Waals surface area contributed by atoms with Crippen LogP contribution in [-0.2, 0) is 4.79 Å². The molecule has 0 aromatic carbocycles. The molecule has 78 valence electrons. The number of carbonyl (C=O) groups is 1. The van der Waals surface area contributed by atoms with E-state index in [1.54, 1.807) is 6.08 Å². The minimum Gasteiger partial charge on any atom is -0.333 e. The van der Waals surface area contributed by atoms with Gasteiger partial charge in [-0.2, -0.15) is 0 Å². The first-order chi connectivity index (χ1) is 6.68. The molecule has 2 fully saturated rings. The van der Waals surface area contributed by atoms with E-state index in [4.69, 9.17) is 0 Å². The Balaban J connectivity index is 2.11. The fraction of sp³-hybridized carbons (Fsp3) is 0.750. The number of hydrogen-bond donors (Lipinski definition) is 0. The lowest BCUT2D eigenvalue weighted by Crippen LogP contribution is -2.43. The maximum atomic E-state index is 11.9. The van der Waals surface area contributed by atoms with Gasteiger partial charge in [0.2, 0.25) is 5.91 Å². The van der Waals surface area contributed by atoms with Crippen molar-refractivity contribution < 1.29 is 4.79 Å². The number of amides is 1. The smallest absolute Gasteiger partial charge is 0.246 e. The minimum absolute atomic E-state index is 0.247. The molecule has 2 aliphatic rings. The van der Waals surface area contributed by atoms with Crippen LogP contribution in [0.4, 0.5) is 0 Å². The molecule has 0 aromatic heterocycles. The topological polar surface area (TPSA) is 20.3 Å². The summed E-state index contributed by atoms with van der Waals surface area (Å²) >= 11 is 0. The summed E-state index contributed by atoms with van der Waals surface area (Å²) in [5.74, 6) is 0.247. The number of carbonyl (C=O) groups excluding carboxylic acids is 1. The summed E-state index contributed by atoms with van der Waals surface area (Å²) in [6.07, 6.45) is 8.00. The normalized spacial score (nSPS) is 30.3.